The molecular formula is C13H11N3S3. The molecule has 1 aromatic rings. The van der Waals surface area contributed by atoms with Crippen molar-refractivity contribution in [3.8, 4) is 0 Å². The van der Waals surface area contributed by atoms with E-state index in [0.29, 0.717) is 15.1 Å². The molecule has 0 amide bonds. The van der Waals surface area contributed by atoms with Gasteiger partial charge >= 0.3 is 0 Å². The molecule has 19 heavy (non-hydrogen) atoms. The van der Waals surface area contributed by atoms with Crippen LogP contribution in [0.4, 0.5) is 0 Å². The Balaban J connectivity index is 2.28. The van der Waals surface area contributed by atoms with E-state index in [1.54, 1.807) is 0 Å². The van der Waals surface area contributed by atoms with E-state index in [2.05, 4.69) is 24.5 Å². The molecule has 2 aliphatic heterocycles. The van der Waals surface area contributed by atoms with Gasteiger partial charge < -0.3 is 10.6 Å². The largest absolute Gasteiger partial charge is 0.339 e. The minimum absolute atomic E-state index is 0.418. The van der Waals surface area contributed by atoms with Gasteiger partial charge in [0.2, 0.25) is 0 Å². The number of thioether (sulfide) groups is 1. The van der Waals surface area contributed by atoms with Gasteiger partial charge in [-0.05, 0) is 25.0 Å². The third kappa shape index (κ3) is 1.91. The molecule has 96 valence electrons. The fourth-order valence-corrected chi connectivity index (χ4v) is 3.80. The summed E-state index contributed by atoms with van der Waals surface area (Å²) in [5, 5.41) is 14.2. The monoisotopic (exact) mass is 305 g/mol. The number of fused-ring (bicyclic) bond motifs is 1. The van der Waals surface area contributed by atoms with Crippen LogP contribution in [0.15, 0.2) is 17.0 Å². The highest BCUT2D eigenvalue weighted by atomic mass is 32.2. The van der Waals surface area contributed by atoms with E-state index in [-0.39, 0.29) is 0 Å². The summed E-state index contributed by atoms with van der Waals surface area (Å²) in [6, 6.07) is 4.02. The Kier molecular flexibility index (Phi) is 2.96. The van der Waals surface area contributed by atoms with Gasteiger partial charge in [0.1, 0.15) is 15.1 Å². The average molecular weight is 305 g/mol. The number of hydrogen-bond donors (Lipinski definition) is 3. The van der Waals surface area contributed by atoms with Gasteiger partial charge in [-0.25, -0.2) is 0 Å². The number of rotatable bonds is 0. The molecule has 0 unspecified atom stereocenters. The normalized spacial score (nSPS) is 21.5. The van der Waals surface area contributed by atoms with Gasteiger partial charge in [0.15, 0.2) is 0 Å². The third-order valence-corrected chi connectivity index (χ3v) is 5.04. The number of amidine groups is 1. The SMILES string of the molecule is Cc1ccc2c(c1C)/C(=C1\SC(=S)NC1=S)NC2=N. The summed E-state index contributed by atoms with van der Waals surface area (Å²) in [6.45, 7) is 4.15. The molecule has 6 heteroatoms. The first-order chi connectivity index (χ1) is 8.99. The van der Waals surface area contributed by atoms with E-state index in [4.69, 9.17) is 29.8 Å². The number of benzene rings is 1. The second-order valence-corrected chi connectivity index (χ2v) is 6.57. The molecule has 3 nitrogen and oxygen atoms in total. The molecule has 0 aliphatic carbocycles. The minimum Gasteiger partial charge on any atom is -0.339 e. The van der Waals surface area contributed by atoms with Crippen molar-refractivity contribution in [3.05, 3.63) is 39.3 Å². The Morgan fingerprint density at radius 1 is 1.16 bits per heavy atom. The van der Waals surface area contributed by atoms with E-state index >= 15 is 0 Å². The second kappa shape index (κ2) is 4.40. The van der Waals surface area contributed by atoms with Crippen LogP contribution in [-0.2, 0) is 0 Å². The molecular weight excluding hydrogens is 294 g/mol. The van der Waals surface area contributed by atoms with Gasteiger partial charge in [-0.2, -0.15) is 0 Å². The highest BCUT2D eigenvalue weighted by Gasteiger charge is 2.31. The van der Waals surface area contributed by atoms with Crippen LogP contribution < -0.4 is 10.6 Å². The Morgan fingerprint density at radius 3 is 2.53 bits per heavy atom. The first-order valence-electron chi connectivity index (χ1n) is 5.73. The van der Waals surface area contributed by atoms with Gasteiger partial charge in [-0.1, -0.05) is 48.3 Å². The fourth-order valence-electron chi connectivity index (χ4n) is 2.25. The van der Waals surface area contributed by atoms with E-state index in [9.17, 15) is 0 Å². The standard InChI is InChI=1S/C13H11N3S3/c1-5-3-4-7-8(6(5)2)9(15-11(7)14)10-12(17)16-13(18)19-10/h3-4H,1-2H3,(H2,14,15)(H,16,17,18)/b10-9+. The van der Waals surface area contributed by atoms with Crippen molar-refractivity contribution in [1.29, 1.82) is 5.41 Å². The third-order valence-electron chi connectivity index (χ3n) is 3.35. The summed E-state index contributed by atoms with van der Waals surface area (Å²) in [5.74, 6) is 0.418. The highest BCUT2D eigenvalue weighted by molar-refractivity contribution is 8.27. The first-order valence-corrected chi connectivity index (χ1v) is 7.36. The number of nitrogens with one attached hydrogen (secondary N) is 3. The van der Waals surface area contributed by atoms with Crippen molar-refractivity contribution in [1.82, 2.24) is 10.6 Å². The van der Waals surface area contributed by atoms with Crippen molar-refractivity contribution >= 4 is 57.0 Å². The zero-order valence-electron chi connectivity index (χ0n) is 10.4. The summed E-state index contributed by atoms with van der Waals surface area (Å²) in [7, 11) is 0. The molecule has 3 rings (SSSR count). The molecule has 0 bridgehead atoms. The Morgan fingerprint density at radius 2 is 1.89 bits per heavy atom. The van der Waals surface area contributed by atoms with Crippen LogP contribution in [0.1, 0.15) is 22.3 Å². The molecule has 2 heterocycles. The van der Waals surface area contributed by atoms with E-state index in [1.165, 1.54) is 22.9 Å². The number of hydrogen-bond acceptors (Lipinski definition) is 4. The van der Waals surface area contributed by atoms with Crippen molar-refractivity contribution in [2.45, 2.75) is 13.8 Å². The molecule has 0 radical (unpaired) electrons. The zero-order valence-corrected chi connectivity index (χ0v) is 12.8. The van der Waals surface area contributed by atoms with E-state index in [1.807, 2.05) is 12.1 Å². The topological polar surface area (TPSA) is 47.9 Å². The van der Waals surface area contributed by atoms with E-state index < -0.39 is 0 Å². The molecule has 0 saturated carbocycles. The summed E-state index contributed by atoms with van der Waals surface area (Å²) in [5.41, 5.74) is 5.28. The zero-order chi connectivity index (χ0) is 13.7. The van der Waals surface area contributed by atoms with Crippen molar-refractivity contribution in [2.24, 2.45) is 0 Å². The van der Waals surface area contributed by atoms with Crippen molar-refractivity contribution in [2.75, 3.05) is 0 Å². The lowest BCUT2D eigenvalue weighted by molar-refractivity contribution is 1.28. The maximum Gasteiger partial charge on any atom is 0.143 e. The number of aryl methyl sites for hydroxylation is 1. The molecule has 1 aromatic carbocycles. The van der Waals surface area contributed by atoms with Crippen LogP contribution in [0.3, 0.4) is 0 Å². The lowest BCUT2D eigenvalue weighted by Crippen LogP contribution is -2.18. The van der Waals surface area contributed by atoms with E-state index in [0.717, 1.165) is 21.7 Å². The molecule has 1 fully saturated rings. The van der Waals surface area contributed by atoms with Crippen LogP contribution in [0.2, 0.25) is 0 Å². The van der Waals surface area contributed by atoms with Gasteiger partial charge in [-0.15, -0.1) is 0 Å². The maximum atomic E-state index is 8.06. The minimum atomic E-state index is 0.418. The van der Waals surface area contributed by atoms with Gasteiger partial charge in [-0.3, -0.25) is 5.41 Å². The average Bonchev–Trinajstić information content (AvgIpc) is 2.85. The van der Waals surface area contributed by atoms with Crippen molar-refractivity contribution < 1.29 is 0 Å². The Labute approximate surface area is 126 Å². The summed E-state index contributed by atoms with van der Waals surface area (Å²) in [4.78, 5) is 1.55. The predicted octanol–water partition coefficient (Wildman–Crippen LogP) is 2.85. The molecule has 1 saturated heterocycles. The smallest absolute Gasteiger partial charge is 0.143 e. The lowest BCUT2D eigenvalue weighted by Gasteiger charge is -2.09. The van der Waals surface area contributed by atoms with Gasteiger partial charge in [0.05, 0.1) is 10.6 Å². The van der Waals surface area contributed by atoms with Crippen LogP contribution in [0.5, 0.6) is 0 Å². The van der Waals surface area contributed by atoms with Crippen LogP contribution in [-0.4, -0.2) is 15.1 Å². The van der Waals surface area contributed by atoms with Gasteiger partial charge in [0, 0.05) is 11.1 Å². The Bertz CT molecular complexity index is 689. The first kappa shape index (κ1) is 12.8. The second-order valence-electron chi connectivity index (χ2n) is 4.48. The summed E-state index contributed by atoms with van der Waals surface area (Å²) >= 11 is 11.9. The van der Waals surface area contributed by atoms with Crippen molar-refractivity contribution in [3.63, 3.8) is 0 Å². The molecule has 0 spiro atoms. The lowest BCUT2D eigenvalue weighted by atomic mass is 9.97. The fraction of sp³-hybridized carbons (Fsp3) is 0.154. The maximum absolute atomic E-state index is 8.06. The highest BCUT2D eigenvalue weighted by Crippen LogP contribution is 2.37. The number of thiocarbonyl (C=S) groups is 2. The molecule has 2 aliphatic rings. The summed E-state index contributed by atoms with van der Waals surface area (Å²) < 4.78 is 0.666. The van der Waals surface area contributed by atoms with Crippen LogP contribution >= 0.6 is 36.2 Å². The van der Waals surface area contributed by atoms with Crippen LogP contribution in [0, 0.1) is 19.3 Å². The van der Waals surface area contributed by atoms with Gasteiger partial charge in [0.25, 0.3) is 0 Å². The van der Waals surface area contributed by atoms with Crippen LogP contribution in [0.25, 0.3) is 5.70 Å². The predicted molar refractivity (Wildman–Crippen MR) is 88.7 cm³/mol. The summed E-state index contributed by atoms with van der Waals surface area (Å²) in [6.07, 6.45) is 0. The molecule has 0 atom stereocenters. The quantitative estimate of drug-likeness (QED) is 0.508. The molecule has 0 aromatic heterocycles. The molecule has 3 N–H and O–H groups in total. The Hall–Kier alpha value is -1.24.